The summed E-state index contributed by atoms with van der Waals surface area (Å²) in [6.45, 7) is 5.13. The Hall–Kier alpha value is -1.26. The molecule has 0 saturated carbocycles. The molecule has 0 radical (unpaired) electrons. The summed E-state index contributed by atoms with van der Waals surface area (Å²) in [5.74, 6) is 0.579. The van der Waals surface area contributed by atoms with Gasteiger partial charge in [0.15, 0.2) is 11.5 Å². The average Bonchev–Trinajstić information content (AvgIpc) is 2.29. The van der Waals surface area contributed by atoms with Crippen LogP contribution in [0.5, 0.6) is 11.5 Å². The fraction of sp³-hybridized carbons (Fsp3) is 0.500. The molecule has 0 saturated heterocycles. The van der Waals surface area contributed by atoms with E-state index in [4.69, 9.17) is 4.74 Å². The lowest BCUT2D eigenvalue weighted by atomic mass is 10.1. The number of phenols is 1. The van der Waals surface area contributed by atoms with Crippen molar-refractivity contribution < 1.29 is 14.9 Å². The summed E-state index contributed by atoms with van der Waals surface area (Å²) in [6, 6.07) is 4.99. The van der Waals surface area contributed by atoms with Crippen molar-refractivity contribution in [3.05, 3.63) is 23.8 Å². The molecule has 1 aromatic carbocycles. The van der Waals surface area contributed by atoms with Crippen molar-refractivity contribution in [1.82, 2.24) is 5.32 Å². The standard InChI is InChI=1S/C12H19NO3/c1-3-13-10(8-14)9-5-6-11(15)12(7-9)16-4-2/h5-7,10,13-15H,3-4,8H2,1-2H3. The molecule has 0 spiro atoms. The highest BCUT2D eigenvalue weighted by atomic mass is 16.5. The fourth-order valence-corrected chi connectivity index (χ4v) is 1.55. The van der Waals surface area contributed by atoms with E-state index in [-0.39, 0.29) is 18.4 Å². The minimum Gasteiger partial charge on any atom is -0.504 e. The Morgan fingerprint density at radius 1 is 1.38 bits per heavy atom. The van der Waals surface area contributed by atoms with Gasteiger partial charge in [0.25, 0.3) is 0 Å². The number of aromatic hydroxyl groups is 1. The Morgan fingerprint density at radius 2 is 2.12 bits per heavy atom. The first kappa shape index (κ1) is 12.8. The van der Waals surface area contributed by atoms with E-state index in [2.05, 4.69) is 5.32 Å². The van der Waals surface area contributed by atoms with Gasteiger partial charge in [-0.05, 0) is 31.2 Å². The summed E-state index contributed by atoms with van der Waals surface area (Å²) in [5.41, 5.74) is 0.908. The first-order valence-corrected chi connectivity index (χ1v) is 5.52. The van der Waals surface area contributed by atoms with Crippen molar-refractivity contribution in [1.29, 1.82) is 0 Å². The Balaban J connectivity index is 2.91. The maximum absolute atomic E-state index is 9.54. The number of ether oxygens (including phenoxy) is 1. The number of likely N-dealkylation sites (N-methyl/N-ethyl adjacent to an activating group) is 1. The number of aliphatic hydroxyl groups is 1. The van der Waals surface area contributed by atoms with Crippen LogP contribution in [0.15, 0.2) is 18.2 Å². The number of phenolic OH excluding ortho intramolecular Hbond substituents is 1. The van der Waals surface area contributed by atoms with E-state index in [1.54, 1.807) is 18.2 Å². The molecule has 0 aliphatic carbocycles. The molecule has 0 aromatic heterocycles. The monoisotopic (exact) mass is 225 g/mol. The first-order chi connectivity index (χ1) is 7.72. The summed E-state index contributed by atoms with van der Waals surface area (Å²) in [4.78, 5) is 0. The summed E-state index contributed by atoms with van der Waals surface area (Å²) < 4.78 is 5.29. The zero-order valence-electron chi connectivity index (χ0n) is 9.73. The molecule has 0 aliphatic heterocycles. The summed E-state index contributed by atoms with van der Waals surface area (Å²) in [6.07, 6.45) is 0. The van der Waals surface area contributed by atoms with Gasteiger partial charge in [-0.2, -0.15) is 0 Å². The smallest absolute Gasteiger partial charge is 0.161 e. The van der Waals surface area contributed by atoms with Crippen LogP contribution < -0.4 is 10.1 Å². The van der Waals surface area contributed by atoms with Gasteiger partial charge in [0, 0.05) is 0 Å². The van der Waals surface area contributed by atoms with E-state index >= 15 is 0 Å². The maximum atomic E-state index is 9.54. The summed E-state index contributed by atoms with van der Waals surface area (Å²) in [5, 5.41) is 21.9. The number of rotatable bonds is 6. The molecule has 1 aromatic rings. The molecular weight excluding hydrogens is 206 g/mol. The Labute approximate surface area is 95.9 Å². The Morgan fingerprint density at radius 3 is 2.69 bits per heavy atom. The van der Waals surface area contributed by atoms with Crippen LogP contribution in [0.4, 0.5) is 0 Å². The van der Waals surface area contributed by atoms with Crippen molar-refractivity contribution in [2.24, 2.45) is 0 Å². The predicted molar refractivity (Wildman–Crippen MR) is 62.8 cm³/mol. The molecule has 1 atom stereocenters. The van der Waals surface area contributed by atoms with Gasteiger partial charge in [0.1, 0.15) is 0 Å². The molecule has 3 N–H and O–H groups in total. The highest BCUT2D eigenvalue weighted by Crippen LogP contribution is 2.29. The van der Waals surface area contributed by atoms with Crippen LogP contribution in [0, 0.1) is 0 Å². The van der Waals surface area contributed by atoms with Crippen molar-refractivity contribution in [2.45, 2.75) is 19.9 Å². The number of aliphatic hydroxyl groups excluding tert-OH is 1. The fourth-order valence-electron chi connectivity index (χ4n) is 1.55. The van der Waals surface area contributed by atoms with Crippen molar-refractivity contribution in [3.8, 4) is 11.5 Å². The number of nitrogens with one attached hydrogen (secondary N) is 1. The van der Waals surface area contributed by atoms with E-state index in [9.17, 15) is 10.2 Å². The molecule has 1 unspecified atom stereocenters. The van der Waals surface area contributed by atoms with Gasteiger partial charge in [0.2, 0.25) is 0 Å². The molecule has 4 heteroatoms. The predicted octanol–water partition coefficient (Wildman–Crippen LogP) is 1.43. The second-order valence-electron chi connectivity index (χ2n) is 3.45. The van der Waals surface area contributed by atoms with E-state index in [0.717, 1.165) is 12.1 Å². The third-order valence-corrected chi connectivity index (χ3v) is 2.32. The summed E-state index contributed by atoms with van der Waals surface area (Å²) >= 11 is 0. The largest absolute Gasteiger partial charge is 0.504 e. The molecular formula is C12H19NO3. The van der Waals surface area contributed by atoms with Crippen LogP contribution in [-0.4, -0.2) is 30.0 Å². The average molecular weight is 225 g/mol. The zero-order valence-corrected chi connectivity index (χ0v) is 9.73. The van der Waals surface area contributed by atoms with Gasteiger partial charge in [-0.25, -0.2) is 0 Å². The van der Waals surface area contributed by atoms with Gasteiger partial charge in [0.05, 0.1) is 19.3 Å². The number of hydrogen-bond donors (Lipinski definition) is 3. The van der Waals surface area contributed by atoms with Crippen LogP contribution in [0.3, 0.4) is 0 Å². The minimum absolute atomic E-state index is 0.0180. The van der Waals surface area contributed by atoms with Crippen LogP contribution in [0.2, 0.25) is 0 Å². The van der Waals surface area contributed by atoms with Gasteiger partial charge in [-0.1, -0.05) is 13.0 Å². The van der Waals surface area contributed by atoms with E-state index in [0.29, 0.717) is 12.4 Å². The van der Waals surface area contributed by atoms with Crippen LogP contribution in [-0.2, 0) is 0 Å². The molecule has 1 rings (SSSR count). The third kappa shape index (κ3) is 3.12. The molecule has 0 fully saturated rings. The van der Waals surface area contributed by atoms with Crippen molar-refractivity contribution >= 4 is 0 Å². The van der Waals surface area contributed by atoms with Gasteiger partial charge in [-0.15, -0.1) is 0 Å². The quantitative estimate of drug-likeness (QED) is 0.685. The molecule has 0 bridgehead atoms. The Bertz CT molecular complexity index is 328. The van der Waals surface area contributed by atoms with Crippen molar-refractivity contribution in [2.75, 3.05) is 19.8 Å². The SMILES string of the molecule is CCNC(CO)c1ccc(O)c(OCC)c1. The van der Waals surface area contributed by atoms with Crippen LogP contribution in [0.1, 0.15) is 25.5 Å². The maximum Gasteiger partial charge on any atom is 0.161 e. The van der Waals surface area contributed by atoms with Gasteiger partial charge in [-0.3, -0.25) is 0 Å². The highest BCUT2D eigenvalue weighted by molar-refractivity contribution is 5.42. The highest BCUT2D eigenvalue weighted by Gasteiger charge is 2.11. The van der Waals surface area contributed by atoms with E-state index in [1.165, 1.54) is 0 Å². The molecule has 90 valence electrons. The van der Waals surface area contributed by atoms with Crippen molar-refractivity contribution in [3.63, 3.8) is 0 Å². The minimum atomic E-state index is -0.121. The molecule has 16 heavy (non-hydrogen) atoms. The first-order valence-electron chi connectivity index (χ1n) is 5.52. The van der Waals surface area contributed by atoms with Gasteiger partial charge < -0.3 is 20.3 Å². The second-order valence-corrected chi connectivity index (χ2v) is 3.45. The second kappa shape index (κ2) is 6.35. The van der Waals surface area contributed by atoms with E-state index < -0.39 is 0 Å². The molecule has 0 heterocycles. The van der Waals surface area contributed by atoms with E-state index in [1.807, 2.05) is 13.8 Å². The lowest BCUT2D eigenvalue weighted by molar-refractivity contribution is 0.245. The lowest BCUT2D eigenvalue weighted by Gasteiger charge is -2.17. The molecule has 0 amide bonds. The van der Waals surface area contributed by atoms with Crippen LogP contribution >= 0.6 is 0 Å². The number of benzene rings is 1. The van der Waals surface area contributed by atoms with Crippen LogP contribution in [0.25, 0.3) is 0 Å². The topological polar surface area (TPSA) is 61.7 Å². The van der Waals surface area contributed by atoms with Gasteiger partial charge >= 0.3 is 0 Å². The number of hydrogen-bond acceptors (Lipinski definition) is 4. The molecule has 4 nitrogen and oxygen atoms in total. The summed E-state index contributed by atoms with van der Waals surface area (Å²) in [7, 11) is 0. The lowest BCUT2D eigenvalue weighted by Crippen LogP contribution is -2.23. The molecule has 0 aliphatic rings. The third-order valence-electron chi connectivity index (χ3n) is 2.32. The Kier molecular flexibility index (Phi) is 5.08. The normalized spacial score (nSPS) is 12.4. The zero-order chi connectivity index (χ0) is 12.0.